The van der Waals surface area contributed by atoms with E-state index in [-0.39, 0.29) is 5.91 Å². The van der Waals surface area contributed by atoms with E-state index in [1.165, 1.54) is 17.3 Å². The first-order valence-electron chi connectivity index (χ1n) is 9.42. The molecule has 1 unspecified atom stereocenters. The van der Waals surface area contributed by atoms with Crippen LogP contribution in [0.25, 0.3) is 0 Å². The number of thioether (sulfide) groups is 1. The molecule has 5 rings (SSSR count). The Labute approximate surface area is 182 Å². The lowest BCUT2D eigenvalue weighted by molar-refractivity contribution is -0.121. The van der Waals surface area contributed by atoms with Crippen molar-refractivity contribution in [3.63, 3.8) is 0 Å². The molecule has 2 heterocycles. The van der Waals surface area contributed by atoms with E-state index in [1.54, 1.807) is 0 Å². The topological polar surface area (TPSA) is 44.7 Å². The van der Waals surface area contributed by atoms with Gasteiger partial charge in [-0.3, -0.25) is 10.2 Å². The fourth-order valence-corrected chi connectivity index (χ4v) is 5.34. The summed E-state index contributed by atoms with van der Waals surface area (Å²) in [5.74, 6) is 0.0289. The predicted molar refractivity (Wildman–Crippen MR) is 122 cm³/mol. The van der Waals surface area contributed by atoms with Crippen molar-refractivity contribution in [3.8, 4) is 0 Å². The van der Waals surface area contributed by atoms with Crippen molar-refractivity contribution >= 4 is 44.3 Å². The third kappa shape index (κ3) is 3.16. The summed E-state index contributed by atoms with van der Waals surface area (Å²) in [5, 5.41) is 5.37. The van der Waals surface area contributed by atoms with Gasteiger partial charge in [0.25, 0.3) is 5.91 Å². The molecule has 4 nitrogen and oxygen atoms in total. The number of nitrogens with one attached hydrogen (secondary N) is 1. The van der Waals surface area contributed by atoms with E-state index < -0.39 is 4.87 Å². The molecule has 0 fully saturated rings. The first kappa shape index (κ1) is 18.5. The molecule has 144 valence electrons. The molecule has 2 aliphatic rings. The van der Waals surface area contributed by atoms with Gasteiger partial charge in [0.15, 0.2) is 0 Å². The fraction of sp³-hybridized carbons (Fsp3) is 0.130. The van der Waals surface area contributed by atoms with E-state index in [0.29, 0.717) is 6.54 Å². The number of fused-ring (bicyclic) bond motifs is 2. The third-order valence-electron chi connectivity index (χ3n) is 5.23. The minimum Gasteiger partial charge on any atom is -0.308 e. The lowest BCUT2D eigenvalue weighted by atomic mass is 10.1. The predicted octanol–water partition coefficient (Wildman–Crippen LogP) is 4.89. The summed E-state index contributed by atoms with van der Waals surface area (Å²) < 4.78 is 0.948. The maximum atomic E-state index is 13.6. The lowest BCUT2D eigenvalue weighted by Crippen LogP contribution is -2.44. The van der Waals surface area contributed by atoms with Gasteiger partial charge >= 0.3 is 0 Å². The largest absolute Gasteiger partial charge is 0.308 e. The number of hydrogen-bond acceptors (Lipinski definition) is 4. The van der Waals surface area contributed by atoms with E-state index in [4.69, 9.17) is 0 Å². The van der Waals surface area contributed by atoms with Gasteiger partial charge in [0, 0.05) is 22.1 Å². The molecule has 0 saturated carbocycles. The smallest absolute Gasteiger partial charge is 0.269 e. The van der Waals surface area contributed by atoms with Crippen LogP contribution in [0, 0.1) is 0 Å². The molecule has 3 aromatic carbocycles. The summed E-state index contributed by atoms with van der Waals surface area (Å²) in [6.45, 7) is 0.627. The second-order valence-corrected chi connectivity index (χ2v) is 9.15. The number of rotatable bonds is 4. The molecule has 0 bridgehead atoms. The summed E-state index contributed by atoms with van der Waals surface area (Å²) in [7, 11) is 0. The van der Waals surface area contributed by atoms with Gasteiger partial charge in [-0.15, -0.1) is 0 Å². The lowest BCUT2D eigenvalue weighted by Gasteiger charge is -2.22. The summed E-state index contributed by atoms with van der Waals surface area (Å²) >= 11 is 5.05. The van der Waals surface area contributed by atoms with Crippen molar-refractivity contribution in [3.05, 3.63) is 100 Å². The van der Waals surface area contributed by atoms with Crippen LogP contribution in [-0.4, -0.2) is 17.5 Å². The normalized spacial score (nSPS) is 20.0. The van der Waals surface area contributed by atoms with Crippen molar-refractivity contribution < 1.29 is 4.79 Å². The zero-order valence-electron chi connectivity index (χ0n) is 15.5. The van der Waals surface area contributed by atoms with Crippen LogP contribution >= 0.6 is 27.7 Å². The molecule has 2 aliphatic heterocycles. The average molecular weight is 464 g/mol. The van der Waals surface area contributed by atoms with Crippen molar-refractivity contribution in [2.24, 2.45) is 5.10 Å². The standard InChI is InChI=1S/C23H18BrN3OS/c24-18-11-12-20-19(15-18)23(26-25-21(29-23)17-9-5-2-6-10-17)22(28)27(20)14-13-16-7-3-1-4-8-16/h1-12,15,26H,13-14H2. The average Bonchev–Trinajstić information content (AvgIpc) is 3.30. The van der Waals surface area contributed by atoms with Gasteiger partial charge in [-0.2, -0.15) is 5.10 Å². The summed E-state index contributed by atoms with van der Waals surface area (Å²) in [6.07, 6.45) is 0.801. The van der Waals surface area contributed by atoms with Gasteiger partial charge in [0.2, 0.25) is 4.87 Å². The summed E-state index contributed by atoms with van der Waals surface area (Å²) in [4.78, 5) is 14.6. The van der Waals surface area contributed by atoms with Crippen LogP contribution in [-0.2, 0) is 16.1 Å². The Morgan fingerprint density at radius 3 is 2.48 bits per heavy atom. The van der Waals surface area contributed by atoms with Crippen LogP contribution in [0.15, 0.2) is 88.4 Å². The minimum absolute atomic E-state index is 0.0289. The van der Waals surface area contributed by atoms with E-state index in [9.17, 15) is 4.79 Å². The molecule has 0 saturated heterocycles. The molecule has 29 heavy (non-hydrogen) atoms. The Hall–Kier alpha value is -2.57. The van der Waals surface area contributed by atoms with Crippen LogP contribution in [0.2, 0.25) is 0 Å². The summed E-state index contributed by atoms with van der Waals surface area (Å²) in [6, 6.07) is 26.3. The highest BCUT2D eigenvalue weighted by Gasteiger charge is 2.55. The number of halogens is 1. The number of hydrazone groups is 1. The Bertz CT molecular complexity index is 1100. The maximum Gasteiger partial charge on any atom is 0.269 e. The molecule has 1 amide bonds. The van der Waals surface area contributed by atoms with Gasteiger partial charge < -0.3 is 4.90 Å². The van der Waals surface area contributed by atoms with Crippen LogP contribution < -0.4 is 10.3 Å². The van der Waals surface area contributed by atoms with Gasteiger partial charge in [-0.1, -0.05) is 88.4 Å². The molecular formula is C23H18BrN3OS. The van der Waals surface area contributed by atoms with E-state index >= 15 is 0 Å². The SMILES string of the molecule is O=C1N(CCc2ccccc2)c2ccc(Br)cc2C12NN=C(c1ccccc1)S2. The Morgan fingerprint density at radius 2 is 1.72 bits per heavy atom. The highest BCUT2D eigenvalue weighted by Crippen LogP contribution is 2.51. The number of hydrogen-bond donors (Lipinski definition) is 1. The van der Waals surface area contributed by atoms with Crippen molar-refractivity contribution in [2.75, 3.05) is 11.4 Å². The molecular weight excluding hydrogens is 446 g/mol. The van der Waals surface area contributed by atoms with Crippen LogP contribution in [0.1, 0.15) is 16.7 Å². The molecule has 1 atom stereocenters. The fourth-order valence-electron chi connectivity index (χ4n) is 3.78. The molecule has 1 N–H and O–H groups in total. The quantitative estimate of drug-likeness (QED) is 0.598. The zero-order chi connectivity index (χ0) is 19.8. The van der Waals surface area contributed by atoms with Crippen molar-refractivity contribution in [1.29, 1.82) is 0 Å². The third-order valence-corrected chi connectivity index (χ3v) is 7.03. The molecule has 0 aromatic heterocycles. The van der Waals surface area contributed by atoms with Crippen LogP contribution in [0.4, 0.5) is 5.69 Å². The minimum atomic E-state index is -0.916. The van der Waals surface area contributed by atoms with E-state index in [0.717, 1.165) is 32.8 Å². The van der Waals surface area contributed by atoms with Crippen molar-refractivity contribution in [2.45, 2.75) is 11.3 Å². The van der Waals surface area contributed by atoms with Crippen LogP contribution in [0.5, 0.6) is 0 Å². The number of benzene rings is 3. The molecule has 0 aliphatic carbocycles. The number of carbonyl (C=O) groups is 1. The second kappa shape index (κ2) is 7.35. The Balaban J connectivity index is 1.48. The van der Waals surface area contributed by atoms with Gasteiger partial charge in [0.1, 0.15) is 5.04 Å². The number of amides is 1. The van der Waals surface area contributed by atoms with E-state index in [2.05, 4.69) is 38.6 Å². The molecule has 1 spiro atoms. The summed E-state index contributed by atoms with van der Waals surface area (Å²) in [5.41, 5.74) is 7.30. The van der Waals surface area contributed by atoms with Crippen molar-refractivity contribution in [1.82, 2.24) is 5.43 Å². The van der Waals surface area contributed by atoms with E-state index in [1.807, 2.05) is 71.6 Å². The number of carbonyl (C=O) groups excluding carboxylic acids is 1. The first-order valence-corrected chi connectivity index (χ1v) is 11.0. The highest BCUT2D eigenvalue weighted by molar-refractivity contribution is 9.10. The van der Waals surface area contributed by atoms with Gasteiger partial charge in [0.05, 0.1) is 5.69 Å². The molecule has 0 radical (unpaired) electrons. The Morgan fingerprint density at radius 1 is 1.00 bits per heavy atom. The number of anilines is 1. The van der Waals surface area contributed by atoms with Crippen LogP contribution in [0.3, 0.4) is 0 Å². The maximum absolute atomic E-state index is 13.6. The first-order chi connectivity index (χ1) is 14.2. The Kier molecular flexibility index (Phi) is 4.68. The van der Waals surface area contributed by atoms with Gasteiger partial charge in [-0.05, 0) is 30.2 Å². The monoisotopic (exact) mass is 463 g/mol. The van der Waals surface area contributed by atoms with Gasteiger partial charge in [-0.25, -0.2) is 0 Å². The second-order valence-electron chi connectivity index (χ2n) is 7.03. The highest BCUT2D eigenvalue weighted by atomic mass is 79.9. The number of nitrogens with zero attached hydrogens (tertiary/aromatic N) is 2. The molecule has 6 heteroatoms. The molecule has 3 aromatic rings. The zero-order valence-corrected chi connectivity index (χ0v) is 17.9.